The van der Waals surface area contributed by atoms with Gasteiger partial charge in [-0.2, -0.15) is 0 Å². The zero-order valence-electron chi connectivity index (χ0n) is 7.86. The fraction of sp³-hybridized carbons (Fsp3) is 0.300. The summed E-state index contributed by atoms with van der Waals surface area (Å²) in [5.74, 6) is 0. The molecule has 0 saturated carbocycles. The lowest BCUT2D eigenvalue weighted by atomic mass is 10.2. The van der Waals surface area contributed by atoms with E-state index in [0.717, 1.165) is 16.7 Å². The monoisotopic (exact) mass is 175 g/mol. The fourth-order valence-electron chi connectivity index (χ4n) is 1.51. The van der Waals surface area contributed by atoms with E-state index in [2.05, 4.69) is 23.4 Å². The minimum Gasteiger partial charge on any atom is -0.397 e. The molecule has 0 aliphatic rings. The quantitative estimate of drug-likeness (QED) is 0.675. The zero-order valence-corrected chi connectivity index (χ0v) is 7.86. The molecule has 0 aliphatic carbocycles. The molecule has 0 bridgehead atoms. The minimum atomic E-state index is 0.398. The number of nitrogens with two attached hydrogens (primary N) is 1. The largest absolute Gasteiger partial charge is 0.397 e. The Balaban J connectivity index is 2.79. The molecule has 1 aromatic carbocycles. The van der Waals surface area contributed by atoms with Gasteiger partial charge in [-0.25, -0.2) is 4.98 Å². The van der Waals surface area contributed by atoms with E-state index in [0.29, 0.717) is 6.04 Å². The second kappa shape index (κ2) is 2.76. The van der Waals surface area contributed by atoms with E-state index >= 15 is 0 Å². The van der Waals surface area contributed by atoms with Crippen molar-refractivity contribution in [3.63, 3.8) is 0 Å². The van der Waals surface area contributed by atoms with E-state index in [1.165, 1.54) is 0 Å². The number of nitrogen functional groups attached to an aromatic ring is 1. The van der Waals surface area contributed by atoms with Crippen LogP contribution in [0.3, 0.4) is 0 Å². The van der Waals surface area contributed by atoms with Crippen molar-refractivity contribution in [1.29, 1.82) is 0 Å². The first-order chi connectivity index (χ1) is 6.20. The van der Waals surface area contributed by atoms with Gasteiger partial charge in [0.25, 0.3) is 0 Å². The Kier molecular flexibility index (Phi) is 1.72. The number of anilines is 1. The van der Waals surface area contributed by atoms with Crippen LogP contribution < -0.4 is 5.73 Å². The highest BCUT2D eigenvalue weighted by Gasteiger charge is 2.06. The Hall–Kier alpha value is -1.51. The summed E-state index contributed by atoms with van der Waals surface area (Å²) in [5.41, 5.74) is 8.68. The van der Waals surface area contributed by atoms with Crippen LogP contribution in [-0.4, -0.2) is 9.55 Å². The van der Waals surface area contributed by atoms with Gasteiger partial charge in [-0.15, -0.1) is 0 Å². The first kappa shape index (κ1) is 8.10. The third-order valence-corrected chi connectivity index (χ3v) is 2.18. The molecule has 13 heavy (non-hydrogen) atoms. The Morgan fingerprint density at radius 1 is 1.38 bits per heavy atom. The van der Waals surface area contributed by atoms with Crippen molar-refractivity contribution in [2.24, 2.45) is 0 Å². The van der Waals surface area contributed by atoms with Crippen LogP contribution in [0.1, 0.15) is 19.9 Å². The molecule has 3 heteroatoms. The van der Waals surface area contributed by atoms with Gasteiger partial charge >= 0.3 is 0 Å². The summed E-state index contributed by atoms with van der Waals surface area (Å²) in [6.45, 7) is 4.24. The van der Waals surface area contributed by atoms with E-state index in [1.807, 2.05) is 24.5 Å². The number of imidazole rings is 1. The Morgan fingerprint density at radius 3 is 2.85 bits per heavy atom. The fourth-order valence-corrected chi connectivity index (χ4v) is 1.51. The Labute approximate surface area is 77.2 Å². The maximum Gasteiger partial charge on any atom is 0.0961 e. The van der Waals surface area contributed by atoms with Crippen LogP contribution in [0, 0.1) is 0 Å². The van der Waals surface area contributed by atoms with E-state index in [1.54, 1.807) is 0 Å². The van der Waals surface area contributed by atoms with Crippen LogP contribution in [-0.2, 0) is 0 Å². The first-order valence-corrected chi connectivity index (χ1v) is 4.41. The molecule has 0 spiro atoms. The molecule has 0 amide bonds. The van der Waals surface area contributed by atoms with Gasteiger partial charge in [-0.05, 0) is 26.0 Å². The van der Waals surface area contributed by atoms with Crippen LogP contribution in [0.25, 0.3) is 11.0 Å². The van der Waals surface area contributed by atoms with Gasteiger partial charge in [0, 0.05) is 6.04 Å². The molecule has 68 valence electrons. The van der Waals surface area contributed by atoms with Crippen LogP contribution in [0.5, 0.6) is 0 Å². The lowest BCUT2D eigenvalue weighted by molar-refractivity contribution is 0.618. The van der Waals surface area contributed by atoms with Crippen molar-refractivity contribution < 1.29 is 0 Å². The van der Waals surface area contributed by atoms with Crippen molar-refractivity contribution in [1.82, 2.24) is 9.55 Å². The second-order valence-electron chi connectivity index (χ2n) is 3.46. The molecule has 0 aliphatic heterocycles. The zero-order chi connectivity index (χ0) is 9.42. The van der Waals surface area contributed by atoms with Crippen molar-refractivity contribution in [2.75, 3.05) is 5.73 Å². The molecule has 0 atom stereocenters. The van der Waals surface area contributed by atoms with E-state index in [9.17, 15) is 0 Å². The van der Waals surface area contributed by atoms with Crippen molar-refractivity contribution in [2.45, 2.75) is 19.9 Å². The molecule has 2 aromatic rings. The van der Waals surface area contributed by atoms with Gasteiger partial charge < -0.3 is 10.3 Å². The number of aromatic nitrogens is 2. The molecule has 0 radical (unpaired) electrons. The maximum absolute atomic E-state index is 5.88. The molecule has 0 saturated heterocycles. The highest BCUT2D eigenvalue weighted by molar-refractivity contribution is 5.87. The Bertz CT molecular complexity index is 429. The molecule has 1 heterocycles. The molecule has 2 N–H and O–H groups in total. The van der Waals surface area contributed by atoms with Gasteiger partial charge in [0.2, 0.25) is 0 Å². The first-order valence-electron chi connectivity index (χ1n) is 4.41. The van der Waals surface area contributed by atoms with Gasteiger partial charge in [0.1, 0.15) is 0 Å². The summed E-state index contributed by atoms with van der Waals surface area (Å²) < 4.78 is 2.09. The predicted octanol–water partition coefficient (Wildman–Crippen LogP) is 2.20. The highest BCUT2D eigenvalue weighted by atomic mass is 15.1. The van der Waals surface area contributed by atoms with Gasteiger partial charge in [0.15, 0.2) is 0 Å². The molecule has 3 nitrogen and oxygen atoms in total. The maximum atomic E-state index is 5.88. The van der Waals surface area contributed by atoms with Crippen molar-refractivity contribution >= 4 is 16.7 Å². The van der Waals surface area contributed by atoms with Crippen LogP contribution in [0.15, 0.2) is 24.5 Å². The molecular weight excluding hydrogens is 162 g/mol. The highest BCUT2D eigenvalue weighted by Crippen LogP contribution is 2.22. The molecule has 1 aromatic heterocycles. The SMILES string of the molecule is CC(C)n1cnc2cccc(N)c21. The van der Waals surface area contributed by atoms with Crippen LogP contribution >= 0.6 is 0 Å². The minimum absolute atomic E-state index is 0.398. The van der Waals surface area contributed by atoms with Crippen molar-refractivity contribution in [3.8, 4) is 0 Å². The summed E-state index contributed by atoms with van der Waals surface area (Å²) in [5, 5.41) is 0. The average Bonchev–Trinajstić information content (AvgIpc) is 2.49. The number of fused-ring (bicyclic) bond motifs is 1. The molecular formula is C10H13N3. The summed E-state index contributed by atoms with van der Waals surface area (Å²) in [7, 11) is 0. The summed E-state index contributed by atoms with van der Waals surface area (Å²) in [4.78, 5) is 4.28. The van der Waals surface area contributed by atoms with Gasteiger partial charge in [-0.3, -0.25) is 0 Å². The third kappa shape index (κ3) is 1.16. The summed E-state index contributed by atoms with van der Waals surface area (Å²) in [6.07, 6.45) is 1.84. The molecule has 0 fully saturated rings. The standard InChI is InChI=1S/C10H13N3/c1-7(2)13-6-12-9-5-3-4-8(11)10(9)13/h3-7H,11H2,1-2H3. The van der Waals surface area contributed by atoms with Gasteiger partial charge in [0.05, 0.1) is 23.0 Å². The number of para-hydroxylation sites is 1. The van der Waals surface area contributed by atoms with Crippen LogP contribution in [0.2, 0.25) is 0 Å². The summed E-state index contributed by atoms with van der Waals surface area (Å²) >= 11 is 0. The molecule has 0 unspecified atom stereocenters. The lowest BCUT2D eigenvalue weighted by Gasteiger charge is -2.08. The Morgan fingerprint density at radius 2 is 2.15 bits per heavy atom. The topological polar surface area (TPSA) is 43.8 Å². The lowest BCUT2D eigenvalue weighted by Crippen LogP contribution is -2.00. The normalized spacial score (nSPS) is 11.3. The second-order valence-corrected chi connectivity index (χ2v) is 3.46. The van der Waals surface area contributed by atoms with Gasteiger partial charge in [-0.1, -0.05) is 6.07 Å². The average molecular weight is 175 g/mol. The number of benzene rings is 1. The van der Waals surface area contributed by atoms with Crippen molar-refractivity contribution in [3.05, 3.63) is 24.5 Å². The number of hydrogen-bond donors (Lipinski definition) is 1. The molecule has 2 rings (SSSR count). The smallest absolute Gasteiger partial charge is 0.0961 e. The number of rotatable bonds is 1. The van der Waals surface area contributed by atoms with Crippen LogP contribution in [0.4, 0.5) is 5.69 Å². The third-order valence-electron chi connectivity index (χ3n) is 2.18. The van der Waals surface area contributed by atoms with E-state index in [-0.39, 0.29) is 0 Å². The summed E-state index contributed by atoms with van der Waals surface area (Å²) in [6, 6.07) is 6.21. The van der Waals surface area contributed by atoms with E-state index < -0.39 is 0 Å². The van der Waals surface area contributed by atoms with E-state index in [4.69, 9.17) is 5.73 Å². The number of nitrogens with zero attached hydrogens (tertiary/aromatic N) is 2. The predicted molar refractivity (Wildman–Crippen MR) is 54.5 cm³/mol. The number of hydrogen-bond acceptors (Lipinski definition) is 2.